The van der Waals surface area contributed by atoms with Gasteiger partial charge in [-0.15, -0.1) is 0 Å². The van der Waals surface area contributed by atoms with E-state index in [1.54, 1.807) is 4.90 Å². The van der Waals surface area contributed by atoms with Crippen LogP contribution in [0, 0.1) is 11.8 Å². The molecule has 120 valence electrons. The van der Waals surface area contributed by atoms with Gasteiger partial charge in [-0.25, -0.2) is 0 Å². The number of nitrogens with zero attached hydrogens (tertiary/aromatic N) is 1. The number of hydrogen-bond donors (Lipinski definition) is 1. The smallest absolute Gasteiger partial charge is 0.248 e. The van der Waals surface area contributed by atoms with Gasteiger partial charge in [0.15, 0.2) is 0 Å². The van der Waals surface area contributed by atoms with Crippen LogP contribution in [0.5, 0.6) is 0 Å². The molecule has 2 aliphatic rings. The van der Waals surface area contributed by atoms with Crippen LogP contribution in [0.25, 0.3) is 0 Å². The molecule has 0 bridgehead atoms. The molecule has 2 fully saturated rings. The van der Waals surface area contributed by atoms with Gasteiger partial charge >= 0.3 is 0 Å². The molecule has 2 amide bonds. The number of carbonyl (C=O) groups excluding carboxylic acids is 2. The Kier molecular flexibility index (Phi) is 5.28. The number of nitrogens with one attached hydrogen (secondary N) is 1. The lowest BCUT2D eigenvalue weighted by molar-refractivity contribution is -0.150. The van der Waals surface area contributed by atoms with Crippen LogP contribution in [0.3, 0.4) is 0 Å². The second kappa shape index (κ2) is 6.80. The maximum absolute atomic E-state index is 12.6. The first-order valence-electron chi connectivity index (χ1n) is 8.54. The van der Waals surface area contributed by atoms with Crippen molar-refractivity contribution in [2.24, 2.45) is 11.8 Å². The second-order valence-corrected chi connectivity index (χ2v) is 7.35. The average molecular weight is 294 g/mol. The molecule has 21 heavy (non-hydrogen) atoms. The number of carbonyl (C=O) groups is 2. The van der Waals surface area contributed by atoms with E-state index in [2.05, 4.69) is 19.2 Å². The first kappa shape index (κ1) is 16.3. The van der Waals surface area contributed by atoms with E-state index in [0.717, 1.165) is 38.1 Å². The van der Waals surface area contributed by atoms with Crippen molar-refractivity contribution in [3.05, 3.63) is 0 Å². The minimum absolute atomic E-state index is 0.00353. The Labute approximate surface area is 128 Å². The molecule has 1 saturated carbocycles. The fourth-order valence-corrected chi connectivity index (χ4v) is 3.28. The lowest BCUT2D eigenvalue weighted by Gasteiger charge is -2.40. The van der Waals surface area contributed by atoms with Crippen molar-refractivity contribution in [2.45, 2.75) is 71.3 Å². The van der Waals surface area contributed by atoms with Crippen LogP contribution in [0.2, 0.25) is 0 Å². The Hall–Kier alpha value is -1.06. The molecule has 4 nitrogen and oxygen atoms in total. The first-order valence-corrected chi connectivity index (χ1v) is 8.54. The van der Waals surface area contributed by atoms with Gasteiger partial charge in [0, 0.05) is 6.54 Å². The van der Waals surface area contributed by atoms with E-state index in [9.17, 15) is 9.59 Å². The third-order valence-corrected chi connectivity index (χ3v) is 4.82. The van der Waals surface area contributed by atoms with Crippen molar-refractivity contribution in [1.29, 1.82) is 0 Å². The molecular formula is C17H30N2O2. The Morgan fingerprint density at radius 1 is 1.19 bits per heavy atom. The van der Waals surface area contributed by atoms with Crippen LogP contribution in [0.1, 0.15) is 65.7 Å². The van der Waals surface area contributed by atoms with E-state index in [4.69, 9.17) is 0 Å². The van der Waals surface area contributed by atoms with Crippen LogP contribution in [-0.4, -0.2) is 35.3 Å². The summed E-state index contributed by atoms with van der Waals surface area (Å²) < 4.78 is 0. The van der Waals surface area contributed by atoms with Gasteiger partial charge in [-0.2, -0.15) is 0 Å². The molecule has 0 aromatic rings. The Morgan fingerprint density at radius 3 is 2.48 bits per heavy atom. The molecule has 4 heteroatoms. The monoisotopic (exact) mass is 294 g/mol. The maximum atomic E-state index is 12.6. The summed E-state index contributed by atoms with van der Waals surface area (Å²) in [6, 6.07) is 0. The van der Waals surface area contributed by atoms with Crippen LogP contribution in [0.15, 0.2) is 0 Å². The summed E-state index contributed by atoms with van der Waals surface area (Å²) in [4.78, 5) is 26.2. The molecular weight excluding hydrogens is 264 g/mol. The summed E-state index contributed by atoms with van der Waals surface area (Å²) in [5, 5.41) is 2.93. The fraction of sp³-hybridized carbons (Fsp3) is 0.882. The van der Waals surface area contributed by atoms with Crippen molar-refractivity contribution < 1.29 is 9.59 Å². The molecule has 1 atom stereocenters. The predicted molar refractivity (Wildman–Crippen MR) is 83.8 cm³/mol. The lowest BCUT2D eigenvalue weighted by Crippen LogP contribution is -2.66. The first-order chi connectivity index (χ1) is 9.93. The molecule has 1 saturated heterocycles. The fourth-order valence-electron chi connectivity index (χ4n) is 3.28. The average Bonchev–Trinajstić information content (AvgIpc) is 3.23. The van der Waals surface area contributed by atoms with Gasteiger partial charge in [0.05, 0.1) is 6.54 Å². The molecule has 2 rings (SSSR count). The van der Waals surface area contributed by atoms with E-state index in [1.807, 2.05) is 6.92 Å². The van der Waals surface area contributed by atoms with E-state index in [1.165, 1.54) is 19.3 Å². The summed E-state index contributed by atoms with van der Waals surface area (Å²) in [6.07, 6.45) is 8.07. The highest BCUT2D eigenvalue weighted by Gasteiger charge is 2.52. The van der Waals surface area contributed by atoms with E-state index < -0.39 is 5.54 Å². The third-order valence-electron chi connectivity index (χ3n) is 4.82. The molecule has 0 radical (unpaired) electrons. The zero-order valence-corrected chi connectivity index (χ0v) is 13.8. The highest BCUT2D eigenvalue weighted by molar-refractivity contribution is 5.98. The topological polar surface area (TPSA) is 49.4 Å². The normalized spacial score (nSPS) is 26.4. The molecule has 1 unspecified atom stereocenters. The SMILES string of the molecule is CC(C)CCCCCCN1CC(=O)NC(C)(C2CC2)C1=O. The minimum Gasteiger partial charge on any atom is -0.340 e. The zero-order chi connectivity index (χ0) is 15.5. The largest absolute Gasteiger partial charge is 0.340 e. The van der Waals surface area contributed by atoms with Crippen molar-refractivity contribution >= 4 is 11.8 Å². The van der Waals surface area contributed by atoms with Gasteiger partial charge in [0.1, 0.15) is 5.54 Å². The van der Waals surface area contributed by atoms with Crippen LogP contribution >= 0.6 is 0 Å². The Bertz CT molecular complexity index is 390. The summed E-state index contributed by atoms with van der Waals surface area (Å²) in [5.74, 6) is 1.26. The van der Waals surface area contributed by atoms with Crippen LogP contribution < -0.4 is 5.32 Å². The number of piperazine rings is 1. The van der Waals surface area contributed by atoms with Crippen LogP contribution in [0.4, 0.5) is 0 Å². The number of rotatable bonds is 8. The van der Waals surface area contributed by atoms with Crippen molar-refractivity contribution in [3.63, 3.8) is 0 Å². The highest BCUT2D eigenvalue weighted by Crippen LogP contribution is 2.41. The Balaban J connectivity index is 1.74. The van der Waals surface area contributed by atoms with Crippen molar-refractivity contribution in [1.82, 2.24) is 10.2 Å². The summed E-state index contributed by atoms with van der Waals surface area (Å²) in [7, 11) is 0. The summed E-state index contributed by atoms with van der Waals surface area (Å²) in [6.45, 7) is 7.39. The molecule has 1 heterocycles. The van der Waals surface area contributed by atoms with Crippen LogP contribution in [-0.2, 0) is 9.59 Å². The minimum atomic E-state index is -0.632. The van der Waals surface area contributed by atoms with Gasteiger partial charge in [0.25, 0.3) is 0 Å². The second-order valence-electron chi connectivity index (χ2n) is 7.35. The Morgan fingerprint density at radius 2 is 1.86 bits per heavy atom. The number of hydrogen-bond acceptors (Lipinski definition) is 2. The predicted octanol–water partition coefficient (Wildman–Crippen LogP) is 2.72. The molecule has 0 aromatic carbocycles. The molecule has 1 N–H and O–H groups in total. The van der Waals surface area contributed by atoms with Gasteiger partial charge in [0.2, 0.25) is 11.8 Å². The lowest BCUT2D eigenvalue weighted by atomic mass is 9.91. The van der Waals surface area contributed by atoms with Crippen molar-refractivity contribution in [2.75, 3.05) is 13.1 Å². The summed E-state index contributed by atoms with van der Waals surface area (Å²) >= 11 is 0. The van der Waals surface area contributed by atoms with Gasteiger partial charge in [-0.1, -0.05) is 39.5 Å². The standard InChI is InChI=1S/C17H30N2O2/c1-13(2)8-6-4-5-7-11-19-12-15(20)18-17(3,16(19)21)14-9-10-14/h13-14H,4-12H2,1-3H3,(H,18,20). The zero-order valence-electron chi connectivity index (χ0n) is 13.8. The molecule has 1 aliphatic heterocycles. The van der Waals surface area contributed by atoms with E-state index in [0.29, 0.717) is 5.92 Å². The molecule has 0 spiro atoms. The molecule has 0 aromatic heterocycles. The van der Waals surface area contributed by atoms with Crippen molar-refractivity contribution in [3.8, 4) is 0 Å². The number of amides is 2. The maximum Gasteiger partial charge on any atom is 0.248 e. The highest BCUT2D eigenvalue weighted by atomic mass is 16.2. The molecule has 1 aliphatic carbocycles. The summed E-state index contributed by atoms with van der Waals surface area (Å²) in [5.41, 5.74) is -0.632. The number of unbranched alkanes of at least 4 members (excludes halogenated alkanes) is 3. The third kappa shape index (κ3) is 4.21. The van der Waals surface area contributed by atoms with E-state index >= 15 is 0 Å². The van der Waals surface area contributed by atoms with Gasteiger partial charge < -0.3 is 10.2 Å². The van der Waals surface area contributed by atoms with Gasteiger partial charge in [-0.3, -0.25) is 9.59 Å². The van der Waals surface area contributed by atoms with Gasteiger partial charge in [-0.05, 0) is 38.0 Å². The van der Waals surface area contributed by atoms with E-state index in [-0.39, 0.29) is 18.4 Å². The quantitative estimate of drug-likeness (QED) is 0.700.